The zero-order valence-corrected chi connectivity index (χ0v) is 9.57. The summed E-state index contributed by atoms with van der Waals surface area (Å²) in [6, 6.07) is 2.01. The van der Waals surface area contributed by atoms with Crippen LogP contribution < -0.4 is 24.8 Å². The summed E-state index contributed by atoms with van der Waals surface area (Å²) < 4.78 is 0. The van der Waals surface area contributed by atoms with E-state index in [4.69, 9.17) is 0 Å². The van der Waals surface area contributed by atoms with E-state index in [0.717, 1.165) is 0 Å². The number of halogens is 2. The van der Waals surface area contributed by atoms with Crippen molar-refractivity contribution in [1.29, 1.82) is 0 Å². The summed E-state index contributed by atoms with van der Waals surface area (Å²) in [5.74, 6) is 0. The van der Waals surface area contributed by atoms with E-state index in [9.17, 15) is 0 Å². The predicted molar refractivity (Wildman–Crippen MR) is 39.5 cm³/mol. The summed E-state index contributed by atoms with van der Waals surface area (Å²) in [6.45, 7) is 4.14. The quantitative estimate of drug-likeness (QED) is 0.386. The molecule has 0 fully saturated rings. The molecule has 0 saturated carbocycles. The molecule has 1 aromatic heterocycles. The summed E-state index contributed by atoms with van der Waals surface area (Å²) in [6.07, 6.45) is 3.68. The van der Waals surface area contributed by atoms with Gasteiger partial charge < -0.3 is 24.8 Å². The van der Waals surface area contributed by atoms with Gasteiger partial charge in [-0.3, -0.25) is 4.98 Å². The Balaban J connectivity index is -0.000000213. The molecule has 0 amide bonds. The molecule has 0 bridgehead atoms. The Morgan fingerprint density at radius 3 is 1.91 bits per heavy atom. The Hall–Kier alpha value is 0.496. The van der Waals surface area contributed by atoms with Crippen molar-refractivity contribution < 1.29 is 24.8 Å². The van der Waals surface area contributed by atoms with Crippen LogP contribution in [0.15, 0.2) is 18.5 Å². The van der Waals surface area contributed by atoms with Crippen molar-refractivity contribution in [3.8, 4) is 0 Å². The van der Waals surface area contributed by atoms with Crippen LogP contribution in [0.4, 0.5) is 0 Å². The summed E-state index contributed by atoms with van der Waals surface area (Å²) in [7, 11) is 0. The molecule has 1 rings (SSSR count). The minimum Gasteiger partial charge on any atom is -1.00 e. The summed E-state index contributed by atoms with van der Waals surface area (Å²) >= 11 is 0. The Morgan fingerprint density at radius 2 is 1.64 bits per heavy atom. The molecule has 0 aromatic carbocycles. The maximum absolute atomic E-state index is 3.95. The van der Waals surface area contributed by atoms with Gasteiger partial charge in [-0.2, -0.15) is 0 Å². The van der Waals surface area contributed by atoms with Gasteiger partial charge >= 0.3 is 23.1 Å². The van der Waals surface area contributed by atoms with Crippen LogP contribution in [0.25, 0.3) is 0 Å². The van der Waals surface area contributed by atoms with Gasteiger partial charge in [0.15, 0.2) is 0 Å². The molecule has 0 aliphatic carbocycles. The molecule has 0 unspecified atom stereocenters. The largest absolute Gasteiger partial charge is 2.00 e. The van der Waals surface area contributed by atoms with Crippen molar-refractivity contribution in [3.63, 3.8) is 0 Å². The molecule has 11 heavy (non-hydrogen) atoms. The number of pyridine rings is 1. The molecular formula is C7H9Cl2MgN. The third kappa shape index (κ3) is 5.73. The summed E-state index contributed by atoms with van der Waals surface area (Å²) in [5.41, 5.74) is 2.56. The molecule has 1 heterocycles. The van der Waals surface area contributed by atoms with Crippen LogP contribution in [0.3, 0.4) is 0 Å². The first kappa shape index (κ1) is 17.5. The molecule has 0 aliphatic rings. The average molecular weight is 202 g/mol. The van der Waals surface area contributed by atoms with Crippen molar-refractivity contribution in [2.75, 3.05) is 0 Å². The van der Waals surface area contributed by atoms with Crippen LogP contribution in [0, 0.1) is 13.8 Å². The topological polar surface area (TPSA) is 12.9 Å². The number of aromatic nitrogens is 1. The van der Waals surface area contributed by atoms with Gasteiger partial charge in [0, 0.05) is 12.4 Å². The molecule has 0 spiro atoms. The van der Waals surface area contributed by atoms with E-state index in [0.29, 0.717) is 0 Å². The smallest absolute Gasteiger partial charge is 1.00 e. The molecule has 1 nitrogen and oxygen atoms in total. The second-order valence-electron chi connectivity index (χ2n) is 1.96. The number of hydrogen-bond acceptors (Lipinski definition) is 1. The van der Waals surface area contributed by atoms with Crippen molar-refractivity contribution in [1.82, 2.24) is 4.98 Å². The second-order valence-corrected chi connectivity index (χ2v) is 1.96. The Morgan fingerprint density at radius 1 is 1.09 bits per heavy atom. The Labute approximate surface area is 96.0 Å². The normalized spacial score (nSPS) is 6.73. The minimum absolute atomic E-state index is 0. The van der Waals surface area contributed by atoms with Gasteiger partial charge in [-0.05, 0) is 31.0 Å². The number of nitrogens with zero attached hydrogens (tertiary/aromatic N) is 1. The minimum atomic E-state index is 0. The molecule has 0 atom stereocenters. The van der Waals surface area contributed by atoms with E-state index in [1.165, 1.54) is 11.1 Å². The average Bonchev–Trinajstić information content (AvgIpc) is 1.77. The molecule has 58 valence electrons. The fourth-order valence-corrected chi connectivity index (χ4v) is 0.543. The molecular weight excluding hydrogens is 193 g/mol. The van der Waals surface area contributed by atoms with Crippen molar-refractivity contribution in [2.24, 2.45) is 0 Å². The van der Waals surface area contributed by atoms with Crippen LogP contribution in [0.1, 0.15) is 11.1 Å². The molecule has 1 aromatic rings. The standard InChI is InChI=1S/C7H9N.2ClH.Mg/c1-6-3-4-8-5-7(6)2;;;/h3-5H,1-2H3;2*1H;/q;;;+2/p-2. The van der Waals surface area contributed by atoms with Crippen molar-refractivity contribution >= 4 is 23.1 Å². The fourth-order valence-electron chi connectivity index (χ4n) is 0.543. The first-order valence-electron chi connectivity index (χ1n) is 2.68. The van der Waals surface area contributed by atoms with Gasteiger partial charge in [0.2, 0.25) is 0 Å². The molecule has 4 heteroatoms. The zero-order chi connectivity index (χ0) is 5.98. The van der Waals surface area contributed by atoms with E-state index >= 15 is 0 Å². The molecule has 0 radical (unpaired) electrons. The van der Waals surface area contributed by atoms with Crippen LogP contribution in [-0.4, -0.2) is 28.0 Å². The van der Waals surface area contributed by atoms with Crippen LogP contribution in [-0.2, 0) is 0 Å². The number of aryl methyl sites for hydroxylation is 2. The molecule has 0 aliphatic heterocycles. The van der Waals surface area contributed by atoms with Gasteiger partial charge in [-0.25, -0.2) is 0 Å². The molecule has 0 saturated heterocycles. The third-order valence-electron chi connectivity index (χ3n) is 1.30. The monoisotopic (exact) mass is 201 g/mol. The van der Waals surface area contributed by atoms with Crippen molar-refractivity contribution in [3.05, 3.63) is 29.6 Å². The van der Waals surface area contributed by atoms with Gasteiger partial charge in [-0.15, -0.1) is 0 Å². The van der Waals surface area contributed by atoms with E-state index in [1.54, 1.807) is 0 Å². The predicted octanol–water partition coefficient (Wildman–Crippen LogP) is -4.67. The van der Waals surface area contributed by atoms with E-state index < -0.39 is 0 Å². The summed E-state index contributed by atoms with van der Waals surface area (Å²) in [4.78, 5) is 3.95. The van der Waals surface area contributed by atoms with Gasteiger partial charge in [0.25, 0.3) is 0 Å². The van der Waals surface area contributed by atoms with Crippen LogP contribution in [0.2, 0.25) is 0 Å². The number of rotatable bonds is 0. The molecule has 0 N–H and O–H groups in total. The first-order valence-corrected chi connectivity index (χ1v) is 2.68. The fraction of sp³-hybridized carbons (Fsp3) is 0.286. The van der Waals surface area contributed by atoms with Gasteiger partial charge in [-0.1, -0.05) is 0 Å². The summed E-state index contributed by atoms with van der Waals surface area (Å²) in [5, 5.41) is 0. The Kier molecular flexibility index (Phi) is 13.7. The maximum Gasteiger partial charge on any atom is 2.00 e. The Bertz CT molecular complexity index is 173. The van der Waals surface area contributed by atoms with Gasteiger partial charge in [0.1, 0.15) is 0 Å². The maximum atomic E-state index is 3.95. The first-order chi connectivity index (χ1) is 3.80. The van der Waals surface area contributed by atoms with Crippen LogP contribution >= 0.6 is 0 Å². The van der Waals surface area contributed by atoms with Crippen LogP contribution in [0.5, 0.6) is 0 Å². The zero-order valence-electron chi connectivity index (χ0n) is 6.64. The van der Waals surface area contributed by atoms with Gasteiger partial charge in [0.05, 0.1) is 0 Å². The van der Waals surface area contributed by atoms with Crippen molar-refractivity contribution in [2.45, 2.75) is 13.8 Å². The SMILES string of the molecule is Cc1ccncc1C.[Cl-].[Cl-].[Mg+2]. The number of hydrogen-bond donors (Lipinski definition) is 0. The van der Waals surface area contributed by atoms with E-state index in [1.807, 2.05) is 18.5 Å². The second kappa shape index (κ2) is 8.59. The van der Waals surface area contributed by atoms with E-state index in [2.05, 4.69) is 18.8 Å². The third-order valence-corrected chi connectivity index (χ3v) is 1.30. The van der Waals surface area contributed by atoms with E-state index in [-0.39, 0.29) is 47.9 Å².